The van der Waals surface area contributed by atoms with E-state index in [0.29, 0.717) is 19.4 Å². The van der Waals surface area contributed by atoms with Gasteiger partial charge in [-0.1, -0.05) is 30.3 Å². The van der Waals surface area contributed by atoms with Crippen LogP contribution in [0.5, 0.6) is 0 Å². The number of carbonyl (C=O) groups excluding carboxylic acids is 3. The second-order valence-electron chi connectivity index (χ2n) is 6.48. The zero-order chi connectivity index (χ0) is 18.5. The summed E-state index contributed by atoms with van der Waals surface area (Å²) < 4.78 is 5.70. The number of nitrogens with zero attached hydrogens (tertiary/aromatic N) is 1. The predicted octanol–water partition coefficient (Wildman–Crippen LogP) is -0.646. The van der Waals surface area contributed by atoms with Gasteiger partial charge >= 0.3 is 0 Å². The molecule has 2 saturated heterocycles. The Hall–Kier alpha value is -2.45. The van der Waals surface area contributed by atoms with Crippen molar-refractivity contribution in [3.63, 3.8) is 0 Å². The lowest BCUT2D eigenvalue weighted by Crippen LogP contribution is -2.61. The molecule has 3 N–H and O–H groups in total. The number of amides is 3. The second kappa shape index (κ2) is 8.29. The maximum Gasteiger partial charge on any atom is 0.250 e. The van der Waals surface area contributed by atoms with Crippen molar-refractivity contribution in [1.29, 1.82) is 0 Å². The van der Waals surface area contributed by atoms with E-state index >= 15 is 0 Å². The SMILES string of the molecule is CNCC(=O)NC1COC2CCC(C(=O)NCc3ccccc3)N2C1=O. The lowest BCUT2D eigenvalue weighted by atomic mass is 10.1. The maximum atomic E-state index is 12.8. The van der Waals surface area contributed by atoms with E-state index in [2.05, 4.69) is 16.0 Å². The van der Waals surface area contributed by atoms with E-state index in [1.54, 1.807) is 7.05 Å². The zero-order valence-corrected chi connectivity index (χ0v) is 14.7. The molecule has 3 rings (SSSR count). The number of nitrogens with one attached hydrogen (secondary N) is 3. The highest BCUT2D eigenvalue weighted by Crippen LogP contribution is 2.29. The summed E-state index contributed by atoms with van der Waals surface area (Å²) in [6, 6.07) is 8.27. The van der Waals surface area contributed by atoms with Crippen LogP contribution in [-0.4, -0.2) is 61.1 Å². The van der Waals surface area contributed by atoms with Crippen molar-refractivity contribution in [2.24, 2.45) is 0 Å². The van der Waals surface area contributed by atoms with Crippen LogP contribution in [0.2, 0.25) is 0 Å². The van der Waals surface area contributed by atoms with Gasteiger partial charge in [0.05, 0.1) is 13.2 Å². The van der Waals surface area contributed by atoms with Crippen molar-refractivity contribution in [1.82, 2.24) is 20.9 Å². The molecule has 140 valence electrons. The summed E-state index contributed by atoms with van der Waals surface area (Å²) in [6.45, 7) is 0.661. The minimum atomic E-state index is -0.755. The Kier molecular flexibility index (Phi) is 5.85. The summed E-state index contributed by atoms with van der Waals surface area (Å²) in [5, 5.41) is 8.27. The minimum Gasteiger partial charge on any atom is -0.356 e. The van der Waals surface area contributed by atoms with Crippen molar-refractivity contribution < 1.29 is 19.1 Å². The average Bonchev–Trinajstić information content (AvgIpc) is 3.08. The van der Waals surface area contributed by atoms with E-state index in [0.717, 1.165) is 5.56 Å². The van der Waals surface area contributed by atoms with E-state index in [9.17, 15) is 14.4 Å². The molecule has 26 heavy (non-hydrogen) atoms. The minimum absolute atomic E-state index is 0.119. The standard InChI is InChI=1S/C18H24N4O4/c1-19-10-15(23)21-13-11-26-16-8-7-14(22(16)18(13)25)17(24)20-9-12-5-3-2-4-6-12/h2-6,13-14,16,19H,7-11H2,1H3,(H,20,24)(H,21,23). The summed E-state index contributed by atoms with van der Waals surface area (Å²) in [4.78, 5) is 38.6. The first-order chi connectivity index (χ1) is 12.6. The number of rotatable bonds is 6. The number of hydrogen-bond acceptors (Lipinski definition) is 5. The molecule has 0 aromatic heterocycles. The molecule has 1 aromatic carbocycles. The molecule has 2 aliphatic heterocycles. The lowest BCUT2D eigenvalue weighted by Gasteiger charge is -2.37. The Balaban J connectivity index is 1.61. The topological polar surface area (TPSA) is 99.8 Å². The van der Waals surface area contributed by atoms with Gasteiger partial charge < -0.3 is 25.6 Å². The van der Waals surface area contributed by atoms with E-state index in [4.69, 9.17) is 4.74 Å². The van der Waals surface area contributed by atoms with Crippen LogP contribution in [0, 0.1) is 0 Å². The van der Waals surface area contributed by atoms with Gasteiger partial charge in [-0.05, 0) is 25.5 Å². The summed E-state index contributed by atoms with van der Waals surface area (Å²) in [5.74, 6) is -0.740. The van der Waals surface area contributed by atoms with Crippen molar-refractivity contribution in [3.8, 4) is 0 Å². The Labute approximate surface area is 152 Å². The molecule has 2 heterocycles. The van der Waals surface area contributed by atoms with Crippen molar-refractivity contribution in [2.75, 3.05) is 20.2 Å². The van der Waals surface area contributed by atoms with Gasteiger partial charge in [0.15, 0.2) is 0 Å². The largest absolute Gasteiger partial charge is 0.356 e. The maximum absolute atomic E-state index is 12.8. The van der Waals surface area contributed by atoms with Gasteiger partial charge in [0, 0.05) is 6.54 Å². The van der Waals surface area contributed by atoms with E-state index in [1.165, 1.54) is 4.90 Å². The molecule has 0 radical (unpaired) electrons. The molecule has 3 amide bonds. The monoisotopic (exact) mass is 360 g/mol. The quantitative estimate of drug-likeness (QED) is 0.626. The van der Waals surface area contributed by atoms with Crippen LogP contribution in [0.1, 0.15) is 18.4 Å². The molecule has 0 bridgehead atoms. The fraction of sp³-hybridized carbons (Fsp3) is 0.500. The number of fused-ring (bicyclic) bond motifs is 1. The van der Waals surface area contributed by atoms with E-state index < -0.39 is 18.3 Å². The molecular formula is C18H24N4O4. The van der Waals surface area contributed by atoms with Crippen LogP contribution < -0.4 is 16.0 Å². The summed E-state index contributed by atoms with van der Waals surface area (Å²) in [6.07, 6.45) is 0.771. The Morgan fingerprint density at radius 3 is 2.73 bits per heavy atom. The molecule has 2 aliphatic rings. The van der Waals surface area contributed by atoms with Gasteiger partial charge in [-0.25, -0.2) is 0 Å². The van der Waals surface area contributed by atoms with Crippen molar-refractivity contribution in [3.05, 3.63) is 35.9 Å². The average molecular weight is 360 g/mol. The number of carbonyl (C=O) groups is 3. The fourth-order valence-electron chi connectivity index (χ4n) is 3.37. The Morgan fingerprint density at radius 2 is 2.00 bits per heavy atom. The first-order valence-electron chi connectivity index (χ1n) is 8.79. The molecule has 3 atom stereocenters. The van der Waals surface area contributed by atoms with Gasteiger partial charge in [-0.2, -0.15) is 0 Å². The van der Waals surface area contributed by atoms with Crippen LogP contribution in [-0.2, 0) is 25.7 Å². The van der Waals surface area contributed by atoms with Crippen LogP contribution in [0.25, 0.3) is 0 Å². The highest BCUT2D eigenvalue weighted by atomic mass is 16.5. The molecule has 3 unspecified atom stereocenters. The second-order valence-corrected chi connectivity index (χ2v) is 6.48. The molecule has 0 saturated carbocycles. The molecule has 2 fully saturated rings. The first kappa shape index (κ1) is 18.3. The molecule has 1 aromatic rings. The zero-order valence-electron chi connectivity index (χ0n) is 14.7. The molecular weight excluding hydrogens is 336 g/mol. The molecule has 8 nitrogen and oxygen atoms in total. The third-order valence-corrected chi connectivity index (χ3v) is 4.63. The summed E-state index contributed by atoms with van der Waals surface area (Å²) >= 11 is 0. The summed E-state index contributed by atoms with van der Waals surface area (Å²) in [7, 11) is 1.66. The summed E-state index contributed by atoms with van der Waals surface area (Å²) in [5.41, 5.74) is 0.994. The van der Waals surface area contributed by atoms with Gasteiger partial charge in [0.25, 0.3) is 0 Å². The van der Waals surface area contributed by atoms with Crippen LogP contribution in [0.3, 0.4) is 0 Å². The van der Waals surface area contributed by atoms with Crippen LogP contribution in [0.4, 0.5) is 0 Å². The van der Waals surface area contributed by atoms with Crippen LogP contribution >= 0.6 is 0 Å². The van der Waals surface area contributed by atoms with Crippen molar-refractivity contribution >= 4 is 17.7 Å². The normalized spacial score (nSPS) is 24.9. The number of hydrogen-bond donors (Lipinski definition) is 3. The van der Waals surface area contributed by atoms with Gasteiger partial charge in [0.1, 0.15) is 18.3 Å². The van der Waals surface area contributed by atoms with E-state index in [1.807, 2.05) is 30.3 Å². The van der Waals surface area contributed by atoms with Gasteiger partial charge in [-0.3, -0.25) is 14.4 Å². The number of likely N-dealkylation sites (N-methyl/N-ethyl adjacent to an activating group) is 1. The third-order valence-electron chi connectivity index (χ3n) is 4.63. The van der Waals surface area contributed by atoms with E-state index in [-0.39, 0.29) is 30.9 Å². The number of ether oxygens (including phenoxy) is 1. The smallest absolute Gasteiger partial charge is 0.250 e. The van der Waals surface area contributed by atoms with Crippen LogP contribution in [0.15, 0.2) is 30.3 Å². The lowest BCUT2D eigenvalue weighted by molar-refractivity contribution is -0.167. The molecule has 0 spiro atoms. The fourth-order valence-corrected chi connectivity index (χ4v) is 3.37. The highest BCUT2D eigenvalue weighted by Gasteiger charge is 2.47. The Morgan fingerprint density at radius 1 is 1.23 bits per heavy atom. The molecule has 8 heteroatoms. The molecule has 0 aliphatic carbocycles. The predicted molar refractivity (Wildman–Crippen MR) is 93.8 cm³/mol. The van der Waals surface area contributed by atoms with Gasteiger partial charge in [0.2, 0.25) is 17.7 Å². The highest BCUT2D eigenvalue weighted by molar-refractivity contribution is 5.93. The number of benzene rings is 1. The third kappa shape index (κ3) is 4.03. The van der Waals surface area contributed by atoms with Gasteiger partial charge in [-0.15, -0.1) is 0 Å². The van der Waals surface area contributed by atoms with Crippen molar-refractivity contribution in [2.45, 2.75) is 37.7 Å². The Bertz CT molecular complexity index is 666. The first-order valence-corrected chi connectivity index (χ1v) is 8.79.